The van der Waals surface area contributed by atoms with Crippen molar-refractivity contribution in [1.29, 1.82) is 0 Å². The fourth-order valence-electron chi connectivity index (χ4n) is 3.71. The molecule has 0 radical (unpaired) electrons. The van der Waals surface area contributed by atoms with Gasteiger partial charge < -0.3 is 29.0 Å². The molecular formula is C25H25N3O6. The standard InChI is InChI=1S/C25H25N3O6/c1-30-16-7-9-20(31-2)18(13-16)14-6-8-17-19(10-14)27-28-24(17)26-25(29)15-11-21(32-3)23(34-5)22(12-15)33-4/h6-13H,1-5H3,(H2,26,27,28,29). The van der Waals surface area contributed by atoms with Crippen LogP contribution in [-0.4, -0.2) is 51.7 Å². The molecule has 9 nitrogen and oxygen atoms in total. The number of carbonyl (C=O) groups excluding carboxylic acids is 1. The van der Waals surface area contributed by atoms with Gasteiger partial charge in [0.15, 0.2) is 17.3 Å². The first kappa shape index (κ1) is 22.8. The Balaban J connectivity index is 1.66. The van der Waals surface area contributed by atoms with Gasteiger partial charge >= 0.3 is 0 Å². The molecule has 0 saturated carbocycles. The zero-order chi connectivity index (χ0) is 24.2. The Morgan fingerprint density at radius 3 is 2.12 bits per heavy atom. The lowest BCUT2D eigenvalue weighted by Gasteiger charge is -2.13. The molecule has 0 atom stereocenters. The van der Waals surface area contributed by atoms with Crippen molar-refractivity contribution in [3.05, 3.63) is 54.1 Å². The molecule has 34 heavy (non-hydrogen) atoms. The SMILES string of the molecule is COc1ccc(OC)c(-c2ccc3c(NC(=O)c4cc(OC)c(OC)c(OC)c4)n[nH]c3c2)c1. The van der Waals surface area contributed by atoms with Crippen LogP contribution in [0.4, 0.5) is 5.82 Å². The number of nitrogens with zero attached hydrogens (tertiary/aromatic N) is 1. The molecule has 4 aromatic rings. The predicted molar refractivity (Wildman–Crippen MR) is 129 cm³/mol. The number of anilines is 1. The smallest absolute Gasteiger partial charge is 0.257 e. The van der Waals surface area contributed by atoms with E-state index in [9.17, 15) is 4.79 Å². The van der Waals surface area contributed by atoms with Crippen molar-refractivity contribution in [2.75, 3.05) is 40.9 Å². The number of aromatic amines is 1. The van der Waals surface area contributed by atoms with E-state index in [1.54, 1.807) is 26.4 Å². The number of fused-ring (bicyclic) bond motifs is 1. The van der Waals surface area contributed by atoms with Crippen LogP contribution in [0.2, 0.25) is 0 Å². The van der Waals surface area contributed by atoms with Gasteiger partial charge in [0.1, 0.15) is 11.5 Å². The minimum atomic E-state index is -0.369. The first-order valence-corrected chi connectivity index (χ1v) is 10.3. The van der Waals surface area contributed by atoms with Gasteiger partial charge in [-0.2, -0.15) is 5.10 Å². The normalized spacial score (nSPS) is 10.6. The summed E-state index contributed by atoms with van der Waals surface area (Å²) in [6, 6.07) is 14.5. The summed E-state index contributed by atoms with van der Waals surface area (Å²) < 4.78 is 26.9. The van der Waals surface area contributed by atoms with Gasteiger partial charge in [-0.3, -0.25) is 9.89 Å². The van der Waals surface area contributed by atoms with Gasteiger partial charge in [0.05, 0.1) is 41.1 Å². The number of benzene rings is 3. The third kappa shape index (κ3) is 4.15. The minimum Gasteiger partial charge on any atom is -0.497 e. The maximum absolute atomic E-state index is 13.0. The Morgan fingerprint density at radius 2 is 1.50 bits per heavy atom. The fourth-order valence-corrected chi connectivity index (χ4v) is 3.71. The highest BCUT2D eigenvalue weighted by atomic mass is 16.5. The van der Waals surface area contributed by atoms with Crippen LogP contribution in [0, 0.1) is 0 Å². The summed E-state index contributed by atoms with van der Waals surface area (Å²) in [5.74, 6) is 2.65. The Morgan fingerprint density at radius 1 is 0.794 bits per heavy atom. The van der Waals surface area contributed by atoms with E-state index in [0.29, 0.717) is 28.6 Å². The molecule has 1 heterocycles. The first-order valence-electron chi connectivity index (χ1n) is 10.3. The molecular weight excluding hydrogens is 438 g/mol. The van der Waals surface area contributed by atoms with E-state index in [4.69, 9.17) is 23.7 Å². The number of amides is 1. The van der Waals surface area contributed by atoms with Crippen LogP contribution in [0.15, 0.2) is 48.5 Å². The van der Waals surface area contributed by atoms with Crippen LogP contribution in [0.1, 0.15) is 10.4 Å². The summed E-state index contributed by atoms with van der Waals surface area (Å²) in [4.78, 5) is 13.0. The predicted octanol–water partition coefficient (Wildman–Crippen LogP) is 4.53. The van der Waals surface area contributed by atoms with E-state index in [1.165, 1.54) is 21.3 Å². The molecule has 9 heteroatoms. The molecule has 0 unspecified atom stereocenters. The van der Waals surface area contributed by atoms with Crippen molar-refractivity contribution >= 4 is 22.6 Å². The molecule has 2 N–H and O–H groups in total. The van der Waals surface area contributed by atoms with Crippen LogP contribution < -0.4 is 29.0 Å². The lowest BCUT2D eigenvalue weighted by Crippen LogP contribution is -2.13. The van der Waals surface area contributed by atoms with Crippen molar-refractivity contribution in [1.82, 2.24) is 10.2 Å². The zero-order valence-electron chi connectivity index (χ0n) is 19.5. The van der Waals surface area contributed by atoms with Crippen LogP contribution in [0.3, 0.4) is 0 Å². The Bertz CT molecular complexity index is 1320. The number of carbonyl (C=O) groups is 1. The van der Waals surface area contributed by atoms with Crippen molar-refractivity contribution in [2.45, 2.75) is 0 Å². The highest BCUT2D eigenvalue weighted by Gasteiger charge is 2.19. The van der Waals surface area contributed by atoms with Crippen LogP contribution in [0.25, 0.3) is 22.0 Å². The average molecular weight is 463 g/mol. The van der Waals surface area contributed by atoms with Gasteiger partial charge in [-0.15, -0.1) is 0 Å². The van der Waals surface area contributed by atoms with Crippen molar-refractivity contribution in [3.8, 4) is 39.9 Å². The maximum Gasteiger partial charge on any atom is 0.257 e. The largest absolute Gasteiger partial charge is 0.497 e. The molecule has 0 aliphatic heterocycles. The van der Waals surface area contributed by atoms with Crippen LogP contribution in [0.5, 0.6) is 28.7 Å². The van der Waals surface area contributed by atoms with Gasteiger partial charge in [0, 0.05) is 16.5 Å². The van der Waals surface area contributed by atoms with Gasteiger partial charge in [0.2, 0.25) is 5.75 Å². The second-order valence-corrected chi connectivity index (χ2v) is 7.27. The fraction of sp³-hybridized carbons (Fsp3) is 0.200. The Kier molecular flexibility index (Phi) is 6.44. The van der Waals surface area contributed by atoms with E-state index >= 15 is 0 Å². The van der Waals surface area contributed by atoms with Crippen molar-refractivity contribution in [2.24, 2.45) is 0 Å². The average Bonchev–Trinajstić information content (AvgIpc) is 3.28. The molecule has 1 aromatic heterocycles. The number of methoxy groups -OCH3 is 5. The topological polar surface area (TPSA) is 104 Å². The molecule has 0 saturated heterocycles. The molecule has 0 spiro atoms. The Labute approximate surface area is 196 Å². The number of ether oxygens (including phenoxy) is 5. The highest BCUT2D eigenvalue weighted by Crippen LogP contribution is 2.39. The Hall–Kier alpha value is -4.40. The number of hydrogen-bond donors (Lipinski definition) is 2. The molecule has 0 aliphatic carbocycles. The lowest BCUT2D eigenvalue weighted by molar-refractivity contribution is 0.102. The summed E-state index contributed by atoms with van der Waals surface area (Å²) >= 11 is 0. The third-order valence-electron chi connectivity index (χ3n) is 5.44. The quantitative estimate of drug-likeness (QED) is 0.396. The van der Waals surface area contributed by atoms with E-state index in [0.717, 1.165) is 33.5 Å². The number of aromatic nitrogens is 2. The molecule has 0 fully saturated rings. The first-order chi connectivity index (χ1) is 16.5. The summed E-state index contributed by atoms with van der Waals surface area (Å²) in [5, 5.41) is 10.9. The van der Waals surface area contributed by atoms with Gasteiger partial charge in [-0.05, 0) is 48.0 Å². The van der Waals surface area contributed by atoms with Crippen molar-refractivity contribution in [3.63, 3.8) is 0 Å². The summed E-state index contributed by atoms with van der Waals surface area (Å²) in [6.07, 6.45) is 0. The second kappa shape index (κ2) is 9.62. The molecule has 4 rings (SSSR count). The van der Waals surface area contributed by atoms with E-state index in [1.807, 2.05) is 36.4 Å². The molecule has 0 aliphatic rings. The summed E-state index contributed by atoms with van der Waals surface area (Å²) in [7, 11) is 7.74. The third-order valence-corrected chi connectivity index (χ3v) is 5.44. The number of H-pyrrole nitrogens is 1. The van der Waals surface area contributed by atoms with Crippen LogP contribution >= 0.6 is 0 Å². The minimum absolute atomic E-state index is 0.336. The highest BCUT2D eigenvalue weighted by molar-refractivity contribution is 6.08. The zero-order valence-corrected chi connectivity index (χ0v) is 19.5. The van der Waals surface area contributed by atoms with E-state index in [-0.39, 0.29) is 5.91 Å². The van der Waals surface area contributed by atoms with Crippen molar-refractivity contribution < 1.29 is 28.5 Å². The molecule has 3 aromatic carbocycles. The molecule has 176 valence electrons. The molecule has 0 bridgehead atoms. The van der Waals surface area contributed by atoms with E-state index in [2.05, 4.69) is 15.5 Å². The summed E-state index contributed by atoms with van der Waals surface area (Å²) in [6.45, 7) is 0. The van der Waals surface area contributed by atoms with E-state index < -0.39 is 0 Å². The number of hydrogen-bond acceptors (Lipinski definition) is 7. The molecule has 1 amide bonds. The number of rotatable bonds is 8. The van der Waals surface area contributed by atoms with Gasteiger partial charge in [-0.1, -0.05) is 6.07 Å². The lowest BCUT2D eigenvalue weighted by atomic mass is 10.0. The van der Waals surface area contributed by atoms with Crippen LogP contribution in [-0.2, 0) is 0 Å². The van der Waals surface area contributed by atoms with Gasteiger partial charge in [-0.25, -0.2) is 0 Å². The maximum atomic E-state index is 13.0. The monoisotopic (exact) mass is 463 g/mol. The second-order valence-electron chi connectivity index (χ2n) is 7.27. The summed E-state index contributed by atoms with van der Waals surface area (Å²) in [5.41, 5.74) is 2.88. The number of nitrogens with one attached hydrogen (secondary N) is 2. The van der Waals surface area contributed by atoms with Gasteiger partial charge in [0.25, 0.3) is 5.91 Å².